The number of carbonyl (C=O) groups is 2. The lowest BCUT2D eigenvalue weighted by Crippen LogP contribution is -2.52. The van der Waals surface area contributed by atoms with Gasteiger partial charge in [-0.1, -0.05) is 5.16 Å². The number of thiazole rings is 1. The number of piperidine rings is 1. The van der Waals surface area contributed by atoms with Gasteiger partial charge in [0.05, 0.1) is 11.3 Å². The van der Waals surface area contributed by atoms with Crippen LogP contribution in [0.25, 0.3) is 0 Å². The fourth-order valence-electron chi connectivity index (χ4n) is 3.52. The number of ether oxygens (including phenoxy) is 1. The van der Waals surface area contributed by atoms with Crippen molar-refractivity contribution in [1.82, 2.24) is 9.88 Å². The molecule has 0 bridgehead atoms. The van der Waals surface area contributed by atoms with Crippen molar-refractivity contribution in [2.45, 2.75) is 63.4 Å². The number of aromatic nitrogens is 1. The number of carbonyl (C=O) groups excluding carboxylic acids is 2. The number of nitrogens with zero attached hydrogens (tertiary/aromatic N) is 3. The van der Waals surface area contributed by atoms with Crippen molar-refractivity contribution < 1.29 is 27.9 Å². The monoisotopic (exact) mass is 444 g/mol. The summed E-state index contributed by atoms with van der Waals surface area (Å²) in [5.41, 5.74) is 4.80. The van der Waals surface area contributed by atoms with Crippen LogP contribution in [0.5, 0.6) is 0 Å². The number of alkyl halides is 2. The van der Waals surface area contributed by atoms with Crippen molar-refractivity contribution in [1.29, 1.82) is 0 Å². The molecule has 166 valence electrons. The molecule has 30 heavy (non-hydrogen) atoms. The Morgan fingerprint density at radius 1 is 1.30 bits per heavy atom. The third-order valence-electron chi connectivity index (χ3n) is 5.26. The zero-order valence-electron chi connectivity index (χ0n) is 17.2. The molecule has 2 fully saturated rings. The van der Waals surface area contributed by atoms with Gasteiger partial charge in [0.25, 0.3) is 0 Å². The van der Waals surface area contributed by atoms with Crippen molar-refractivity contribution in [2.24, 2.45) is 16.8 Å². The van der Waals surface area contributed by atoms with E-state index in [4.69, 9.17) is 15.3 Å². The minimum atomic E-state index is -2.82. The van der Waals surface area contributed by atoms with Crippen LogP contribution in [-0.4, -0.2) is 52.4 Å². The van der Waals surface area contributed by atoms with Crippen LogP contribution in [-0.2, 0) is 19.8 Å². The van der Waals surface area contributed by atoms with Crippen LogP contribution in [0.1, 0.15) is 51.5 Å². The van der Waals surface area contributed by atoms with Gasteiger partial charge < -0.3 is 20.2 Å². The molecule has 2 N–H and O–H groups in total. The van der Waals surface area contributed by atoms with E-state index in [9.17, 15) is 18.4 Å². The zero-order valence-corrected chi connectivity index (χ0v) is 18.0. The first-order valence-electron chi connectivity index (χ1n) is 9.72. The Hall–Kier alpha value is -2.30. The zero-order chi connectivity index (χ0) is 22.2. The third-order valence-corrected chi connectivity index (χ3v) is 6.24. The number of nitrogens with two attached hydrogens (primary N) is 1. The first-order chi connectivity index (χ1) is 13.9. The lowest BCUT2D eigenvalue weighted by atomic mass is 9.78. The molecule has 1 aliphatic heterocycles. The van der Waals surface area contributed by atoms with Gasteiger partial charge in [-0.2, -0.15) is 0 Å². The van der Waals surface area contributed by atoms with E-state index < -0.39 is 47.8 Å². The van der Waals surface area contributed by atoms with Crippen LogP contribution in [0.2, 0.25) is 0 Å². The molecule has 1 amide bonds. The fraction of sp³-hybridized carbons (Fsp3) is 0.684. The summed E-state index contributed by atoms with van der Waals surface area (Å²) in [7, 11) is 0. The van der Waals surface area contributed by atoms with Gasteiger partial charge in [0.1, 0.15) is 10.6 Å². The first kappa shape index (κ1) is 22.4. The van der Waals surface area contributed by atoms with Crippen LogP contribution < -0.4 is 5.73 Å². The smallest absolute Gasteiger partial charge is 0.410 e. The summed E-state index contributed by atoms with van der Waals surface area (Å²) in [6, 6.07) is 0. The Bertz CT molecular complexity index is 807. The SMILES string of the molecule is CC(C)(C)OC(=O)N1CCC(/C(N)=N/OC(=O)C2CC(F)(F)C2)(c2nccs2)CC1. The van der Waals surface area contributed by atoms with E-state index in [1.54, 1.807) is 37.2 Å². The van der Waals surface area contributed by atoms with Crippen LogP contribution >= 0.6 is 11.3 Å². The summed E-state index contributed by atoms with van der Waals surface area (Å²) in [4.78, 5) is 35.2. The lowest BCUT2D eigenvalue weighted by Gasteiger charge is -2.40. The Balaban J connectivity index is 1.70. The number of amides is 1. The third kappa shape index (κ3) is 4.88. The van der Waals surface area contributed by atoms with Crippen LogP contribution in [0, 0.1) is 5.92 Å². The molecule has 11 heteroatoms. The number of hydrogen-bond acceptors (Lipinski definition) is 7. The first-order valence-corrected chi connectivity index (χ1v) is 10.6. The Kier molecular flexibility index (Phi) is 6.03. The lowest BCUT2D eigenvalue weighted by molar-refractivity contribution is -0.171. The highest BCUT2D eigenvalue weighted by Crippen LogP contribution is 2.43. The van der Waals surface area contributed by atoms with Crippen molar-refractivity contribution >= 4 is 29.2 Å². The van der Waals surface area contributed by atoms with Crippen molar-refractivity contribution in [3.8, 4) is 0 Å². The van der Waals surface area contributed by atoms with E-state index in [0.29, 0.717) is 30.9 Å². The molecule has 0 atom stereocenters. The van der Waals surface area contributed by atoms with Gasteiger partial charge in [0, 0.05) is 37.5 Å². The standard InChI is InChI=1S/C19H26F2N4O4S/c1-17(2,3)28-16(27)25-7-4-18(5-8-25,15-23-6-9-30-15)14(22)24-29-13(26)12-10-19(20,21)11-12/h6,9,12H,4-5,7-8,10-11H2,1-3H3,(H2,22,24). The van der Waals surface area contributed by atoms with Crippen molar-refractivity contribution in [3.63, 3.8) is 0 Å². The number of halogens is 2. The summed E-state index contributed by atoms with van der Waals surface area (Å²) in [5.74, 6) is -4.47. The average molecular weight is 445 g/mol. The second-order valence-corrected chi connectivity index (χ2v) is 9.63. The van der Waals surface area contributed by atoms with E-state index in [1.165, 1.54) is 11.3 Å². The van der Waals surface area contributed by atoms with Gasteiger partial charge in [0.15, 0.2) is 5.84 Å². The van der Waals surface area contributed by atoms with Gasteiger partial charge in [-0.05, 0) is 33.6 Å². The molecule has 1 aromatic rings. The van der Waals surface area contributed by atoms with Gasteiger partial charge in [-0.25, -0.2) is 23.4 Å². The number of likely N-dealkylation sites (tertiary alicyclic amines) is 1. The summed E-state index contributed by atoms with van der Waals surface area (Å²) < 4.78 is 31.4. The Labute approximate surface area is 177 Å². The predicted molar refractivity (Wildman–Crippen MR) is 106 cm³/mol. The molecule has 8 nitrogen and oxygen atoms in total. The van der Waals surface area contributed by atoms with E-state index in [-0.39, 0.29) is 5.84 Å². The Morgan fingerprint density at radius 2 is 1.93 bits per heavy atom. The van der Waals surface area contributed by atoms with Gasteiger partial charge in [-0.15, -0.1) is 11.3 Å². The molecule has 1 aliphatic carbocycles. The predicted octanol–water partition coefficient (Wildman–Crippen LogP) is 3.27. The number of rotatable bonds is 4. The molecule has 0 radical (unpaired) electrons. The second kappa shape index (κ2) is 8.09. The van der Waals surface area contributed by atoms with Gasteiger partial charge in [-0.3, -0.25) is 0 Å². The van der Waals surface area contributed by atoms with Gasteiger partial charge in [0.2, 0.25) is 5.92 Å². The van der Waals surface area contributed by atoms with Gasteiger partial charge >= 0.3 is 12.1 Å². The summed E-state index contributed by atoms with van der Waals surface area (Å²) >= 11 is 1.39. The normalized spacial score (nSPS) is 21.6. The largest absolute Gasteiger partial charge is 0.444 e. The molecule has 0 aromatic carbocycles. The molecule has 2 heterocycles. The summed E-state index contributed by atoms with van der Waals surface area (Å²) in [6.45, 7) is 6.10. The van der Waals surface area contributed by atoms with Crippen LogP contribution in [0.15, 0.2) is 16.7 Å². The molecular formula is C19H26F2N4O4S. The molecule has 0 spiro atoms. The summed E-state index contributed by atoms with van der Waals surface area (Å²) in [5, 5.41) is 6.28. The Morgan fingerprint density at radius 3 is 2.43 bits per heavy atom. The number of oxime groups is 1. The van der Waals surface area contributed by atoms with E-state index in [0.717, 1.165) is 0 Å². The minimum Gasteiger partial charge on any atom is -0.444 e. The van der Waals surface area contributed by atoms with Crippen LogP contribution in [0.3, 0.4) is 0 Å². The molecule has 0 unspecified atom stereocenters. The molecule has 3 rings (SSSR count). The highest BCUT2D eigenvalue weighted by Gasteiger charge is 2.50. The van der Waals surface area contributed by atoms with Crippen molar-refractivity contribution in [2.75, 3.05) is 13.1 Å². The highest BCUT2D eigenvalue weighted by atomic mass is 32.1. The van der Waals surface area contributed by atoms with E-state index in [2.05, 4.69) is 10.1 Å². The van der Waals surface area contributed by atoms with E-state index in [1.807, 2.05) is 0 Å². The van der Waals surface area contributed by atoms with E-state index >= 15 is 0 Å². The maximum absolute atomic E-state index is 13.0. The maximum Gasteiger partial charge on any atom is 0.410 e. The number of hydrogen-bond donors (Lipinski definition) is 1. The molecule has 1 aromatic heterocycles. The van der Waals surface area contributed by atoms with Crippen LogP contribution in [0.4, 0.5) is 13.6 Å². The molecule has 1 saturated heterocycles. The fourth-order valence-corrected chi connectivity index (χ4v) is 4.43. The second-order valence-electron chi connectivity index (χ2n) is 8.73. The highest BCUT2D eigenvalue weighted by molar-refractivity contribution is 7.09. The quantitative estimate of drug-likeness (QED) is 0.331. The average Bonchev–Trinajstić information content (AvgIpc) is 3.17. The molecule has 2 aliphatic rings. The molecule has 1 saturated carbocycles. The molecular weight excluding hydrogens is 418 g/mol. The number of amidine groups is 1. The maximum atomic E-state index is 13.0. The summed E-state index contributed by atoms with van der Waals surface area (Å²) in [6.07, 6.45) is 0.969. The minimum absolute atomic E-state index is 0.0423. The van der Waals surface area contributed by atoms with Crippen molar-refractivity contribution in [3.05, 3.63) is 16.6 Å². The topological polar surface area (TPSA) is 107 Å².